The number of likely N-dealkylation sites (N-methyl/N-ethyl adjacent to an activating group) is 1. The van der Waals surface area contributed by atoms with Crippen molar-refractivity contribution in [3.8, 4) is 0 Å². The van der Waals surface area contributed by atoms with E-state index >= 15 is 0 Å². The van der Waals surface area contributed by atoms with E-state index in [-0.39, 0.29) is 5.91 Å². The molecular formula is C13H19N5O. The van der Waals surface area contributed by atoms with Gasteiger partial charge in [-0.15, -0.1) is 0 Å². The summed E-state index contributed by atoms with van der Waals surface area (Å²) in [7, 11) is 1.85. The fourth-order valence-electron chi connectivity index (χ4n) is 2.08. The van der Waals surface area contributed by atoms with Crippen molar-refractivity contribution < 1.29 is 4.79 Å². The van der Waals surface area contributed by atoms with Crippen LogP contribution in [0.25, 0.3) is 5.65 Å². The Kier molecular flexibility index (Phi) is 3.80. The van der Waals surface area contributed by atoms with Crippen molar-refractivity contribution in [2.24, 2.45) is 0 Å². The summed E-state index contributed by atoms with van der Waals surface area (Å²) in [6.45, 7) is 7.01. The SMILES string of the molecule is CNCCNC(=O)c1c(C)nn2c(C)cc(C)nc12. The van der Waals surface area contributed by atoms with Crippen LogP contribution in [0.5, 0.6) is 0 Å². The molecule has 2 aromatic heterocycles. The Labute approximate surface area is 112 Å². The topological polar surface area (TPSA) is 71.3 Å². The maximum atomic E-state index is 12.2. The van der Waals surface area contributed by atoms with Gasteiger partial charge in [-0.1, -0.05) is 0 Å². The molecule has 19 heavy (non-hydrogen) atoms. The zero-order valence-corrected chi connectivity index (χ0v) is 11.7. The van der Waals surface area contributed by atoms with Crippen molar-refractivity contribution in [2.75, 3.05) is 20.1 Å². The molecule has 0 saturated carbocycles. The van der Waals surface area contributed by atoms with Crippen molar-refractivity contribution in [1.29, 1.82) is 0 Å². The Morgan fingerprint density at radius 2 is 2.05 bits per heavy atom. The first-order valence-corrected chi connectivity index (χ1v) is 6.31. The number of amides is 1. The van der Waals surface area contributed by atoms with Gasteiger partial charge in [-0.3, -0.25) is 4.79 Å². The number of aryl methyl sites for hydroxylation is 3. The summed E-state index contributed by atoms with van der Waals surface area (Å²) in [4.78, 5) is 16.6. The molecule has 0 aliphatic rings. The molecule has 0 aliphatic heterocycles. The van der Waals surface area contributed by atoms with Gasteiger partial charge < -0.3 is 10.6 Å². The van der Waals surface area contributed by atoms with E-state index in [0.29, 0.717) is 23.4 Å². The molecule has 2 rings (SSSR count). The highest BCUT2D eigenvalue weighted by Gasteiger charge is 2.19. The average molecular weight is 261 g/mol. The van der Waals surface area contributed by atoms with Gasteiger partial charge in [0.1, 0.15) is 5.56 Å². The van der Waals surface area contributed by atoms with E-state index in [1.54, 1.807) is 4.52 Å². The van der Waals surface area contributed by atoms with Crippen molar-refractivity contribution in [3.63, 3.8) is 0 Å². The molecule has 0 spiro atoms. The second kappa shape index (κ2) is 5.36. The highest BCUT2D eigenvalue weighted by atomic mass is 16.1. The first kappa shape index (κ1) is 13.5. The fourth-order valence-corrected chi connectivity index (χ4v) is 2.08. The smallest absolute Gasteiger partial charge is 0.257 e. The van der Waals surface area contributed by atoms with E-state index in [1.165, 1.54) is 0 Å². The number of carbonyl (C=O) groups excluding carboxylic acids is 1. The largest absolute Gasteiger partial charge is 0.351 e. The van der Waals surface area contributed by atoms with Crippen molar-refractivity contribution in [3.05, 3.63) is 28.7 Å². The Morgan fingerprint density at radius 1 is 1.32 bits per heavy atom. The summed E-state index contributed by atoms with van der Waals surface area (Å²) in [5.41, 5.74) is 3.73. The molecule has 0 unspecified atom stereocenters. The third kappa shape index (κ3) is 2.58. The van der Waals surface area contributed by atoms with Gasteiger partial charge in [-0.2, -0.15) is 5.10 Å². The molecule has 0 fully saturated rings. The highest BCUT2D eigenvalue weighted by molar-refractivity contribution is 6.01. The predicted molar refractivity (Wildman–Crippen MR) is 73.5 cm³/mol. The van der Waals surface area contributed by atoms with E-state index in [1.807, 2.05) is 33.9 Å². The Bertz CT molecular complexity index is 617. The molecular weight excluding hydrogens is 242 g/mol. The third-order valence-corrected chi connectivity index (χ3v) is 2.96. The molecule has 0 atom stereocenters. The van der Waals surface area contributed by atoms with Crippen LogP contribution in [0.15, 0.2) is 6.07 Å². The summed E-state index contributed by atoms with van der Waals surface area (Å²) in [6, 6.07) is 1.95. The zero-order chi connectivity index (χ0) is 14.0. The van der Waals surface area contributed by atoms with Gasteiger partial charge >= 0.3 is 0 Å². The first-order chi connectivity index (χ1) is 9.04. The molecule has 102 valence electrons. The maximum Gasteiger partial charge on any atom is 0.257 e. The van der Waals surface area contributed by atoms with Crippen LogP contribution in [-0.4, -0.2) is 40.6 Å². The molecule has 6 nitrogen and oxygen atoms in total. The van der Waals surface area contributed by atoms with Gasteiger partial charge in [-0.25, -0.2) is 9.50 Å². The maximum absolute atomic E-state index is 12.2. The molecule has 0 bridgehead atoms. The number of hydrogen-bond acceptors (Lipinski definition) is 4. The summed E-state index contributed by atoms with van der Waals surface area (Å²) >= 11 is 0. The van der Waals surface area contributed by atoms with Crippen LogP contribution < -0.4 is 10.6 Å². The Hall–Kier alpha value is -1.95. The van der Waals surface area contributed by atoms with Crippen molar-refractivity contribution in [2.45, 2.75) is 20.8 Å². The third-order valence-electron chi connectivity index (χ3n) is 2.96. The van der Waals surface area contributed by atoms with Gasteiger partial charge in [0.05, 0.1) is 5.69 Å². The summed E-state index contributed by atoms with van der Waals surface area (Å²) < 4.78 is 1.72. The van der Waals surface area contributed by atoms with E-state index in [9.17, 15) is 4.79 Å². The van der Waals surface area contributed by atoms with Crippen LogP contribution in [0.2, 0.25) is 0 Å². The lowest BCUT2D eigenvalue weighted by atomic mass is 10.2. The second-order valence-corrected chi connectivity index (χ2v) is 4.59. The van der Waals surface area contributed by atoms with Crippen LogP contribution in [0, 0.1) is 20.8 Å². The van der Waals surface area contributed by atoms with E-state index < -0.39 is 0 Å². The van der Waals surface area contributed by atoms with Gasteiger partial charge in [0.25, 0.3) is 5.91 Å². The molecule has 2 aromatic rings. The standard InChI is InChI=1S/C13H19N5O/c1-8-7-9(2)18-12(16-8)11(10(3)17-18)13(19)15-6-5-14-4/h7,14H,5-6H2,1-4H3,(H,15,19). The summed E-state index contributed by atoms with van der Waals surface area (Å²) in [5.74, 6) is -0.125. The van der Waals surface area contributed by atoms with Crippen molar-refractivity contribution in [1.82, 2.24) is 25.2 Å². The first-order valence-electron chi connectivity index (χ1n) is 6.31. The van der Waals surface area contributed by atoms with Crippen LogP contribution in [0.1, 0.15) is 27.4 Å². The molecule has 1 amide bonds. The number of fused-ring (bicyclic) bond motifs is 1. The number of rotatable bonds is 4. The van der Waals surface area contributed by atoms with Crippen LogP contribution >= 0.6 is 0 Å². The minimum absolute atomic E-state index is 0.125. The zero-order valence-electron chi connectivity index (χ0n) is 11.7. The molecule has 2 heterocycles. The number of carbonyl (C=O) groups is 1. The molecule has 0 radical (unpaired) electrons. The average Bonchev–Trinajstić information content (AvgIpc) is 2.66. The predicted octanol–water partition coefficient (Wildman–Crippen LogP) is 0.604. The number of hydrogen-bond donors (Lipinski definition) is 2. The van der Waals surface area contributed by atoms with E-state index in [0.717, 1.165) is 17.9 Å². The molecule has 6 heteroatoms. The normalized spacial score (nSPS) is 10.9. The number of aromatic nitrogens is 3. The number of nitrogens with zero attached hydrogens (tertiary/aromatic N) is 3. The molecule has 2 N–H and O–H groups in total. The lowest BCUT2D eigenvalue weighted by molar-refractivity contribution is 0.0955. The Balaban J connectivity index is 2.42. The molecule has 0 aliphatic carbocycles. The van der Waals surface area contributed by atoms with Crippen LogP contribution in [0.4, 0.5) is 0 Å². The highest BCUT2D eigenvalue weighted by Crippen LogP contribution is 2.15. The van der Waals surface area contributed by atoms with Gasteiger partial charge in [0.2, 0.25) is 0 Å². The van der Waals surface area contributed by atoms with Gasteiger partial charge in [0.15, 0.2) is 5.65 Å². The quantitative estimate of drug-likeness (QED) is 0.791. The summed E-state index contributed by atoms with van der Waals surface area (Å²) in [5, 5.41) is 10.2. The van der Waals surface area contributed by atoms with Gasteiger partial charge in [0, 0.05) is 24.5 Å². The van der Waals surface area contributed by atoms with E-state index in [4.69, 9.17) is 0 Å². The van der Waals surface area contributed by atoms with E-state index in [2.05, 4.69) is 20.7 Å². The van der Waals surface area contributed by atoms with Gasteiger partial charge in [-0.05, 0) is 33.9 Å². The van der Waals surface area contributed by atoms with Crippen molar-refractivity contribution >= 4 is 11.6 Å². The van der Waals surface area contributed by atoms with Crippen LogP contribution in [0.3, 0.4) is 0 Å². The second-order valence-electron chi connectivity index (χ2n) is 4.59. The minimum Gasteiger partial charge on any atom is -0.351 e. The summed E-state index contributed by atoms with van der Waals surface area (Å²) in [6.07, 6.45) is 0. The minimum atomic E-state index is -0.125. The lowest BCUT2D eigenvalue weighted by Crippen LogP contribution is -2.30. The monoisotopic (exact) mass is 261 g/mol. The lowest BCUT2D eigenvalue weighted by Gasteiger charge is -2.05. The fraction of sp³-hybridized carbons (Fsp3) is 0.462. The molecule has 0 aromatic carbocycles. The Morgan fingerprint density at radius 3 is 2.74 bits per heavy atom. The number of nitrogens with one attached hydrogen (secondary N) is 2. The van der Waals surface area contributed by atoms with Crippen LogP contribution in [-0.2, 0) is 0 Å². The molecule has 0 saturated heterocycles.